The monoisotopic (exact) mass is 160 g/mol. The standard InChI is InChI=1S/C7H12O4/c1-4-8-6(9-4)3-7-10-5(2)11-7/h4-7H,3H2,1-2H3. The third kappa shape index (κ3) is 1.54. The van der Waals surface area contributed by atoms with Gasteiger partial charge in [-0.1, -0.05) is 0 Å². The summed E-state index contributed by atoms with van der Waals surface area (Å²) in [5.41, 5.74) is 0. The molecule has 0 amide bonds. The first-order valence-corrected chi connectivity index (χ1v) is 3.86. The van der Waals surface area contributed by atoms with Crippen LogP contribution in [0.2, 0.25) is 0 Å². The van der Waals surface area contributed by atoms with E-state index in [9.17, 15) is 0 Å². The Balaban J connectivity index is 1.61. The normalized spacial score (nSPS) is 49.6. The average molecular weight is 160 g/mol. The van der Waals surface area contributed by atoms with Crippen LogP contribution in [0.5, 0.6) is 0 Å². The Hall–Kier alpha value is -0.160. The van der Waals surface area contributed by atoms with Gasteiger partial charge in [-0.25, -0.2) is 0 Å². The first-order valence-electron chi connectivity index (χ1n) is 3.86. The van der Waals surface area contributed by atoms with Gasteiger partial charge in [0.25, 0.3) is 0 Å². The van der Waals surface area contributed by atoms with E-state index in [0.29, 0.717) is 6.42 Å². The summed E-state index contributed by atoms with van der Waals surface area (Å²) in [7, 11) is 0. The molecule has 0 saturated carbocycles. The predicted octanol–water partition coefficient (Wildman–Crippen LogP) is 0.814. The summed E-state index contributed by atoms with van der Waals surface area (Å²) in [4.78, 5) is 0. The van der Waals surface area contributed by atoms with Crippen LogP contribution in [0, 0.1) is 0 Å². The second-order valence-electron chi connectivity index (χ2n) is 2.77. The van der Waals surface area contributed by atoms with Crippen LogP contribution in [0.3, 0.4) is 0 Å². The number of hydrogen-bond acceptors (Lipinski definition) is 4. The van der Waals surface area contributed by atoms with E-state index >= 15 is 0 Å². The molecule has 0 N–H and O–H groups in total. The van der Waals surface area contributed by atoms with E-state index in [-0.39, 0.29) is 25.2 Å². The van der Waals surface area contributed by atoms with Gasteiger partial charge < -0.3 is 18.9 Å². The largest absolute Gasteiger partial charge is 0.324 e. The number of rotatable bonds is 2. The van der Waals surface area contributed by atoms with Gasteiger partial charge in [0.05, 0.1) is 6.42 Å². The van der Waals surface area contributed by atoms with Crippen molar-refractivity contribution in [2.24, 2.45) is 0 Å². The van der Waals surface area contributed by atoms with Gasteiger partial charge in [-0.2, -0.15) is 0 Å². The summed E-state index contributed by atoms with van der Waals surface area (Å²) in [6.07, 6.45) is 0.314. The molecular formula is C7H12O4. The van der Waals surface area contributed by atoms with Crippen molar-refractivity contribution in [3.63, 3.8) is 0 Å². The second kappa shape index (κ2) is 2.71. The molecule has 2 aliphatic heterocycles. The molecule has 0 aromatic carbocycles. The van der Waals surface area contributed by atoms with Gasteiger partial charge in [0, 0.05) is 0 Å². The SMILES string of the molecule is CC1OC(CC2OC(C)O2)O1. The molecule has 2 aliphatic rings. The molecule has 64 valence electrons. The zero-order valence-electron chi connectivity index (χ0n) is 6.65. The first-order chi connectivity index (χ1) is 5.24. The number of ether oxygens (including phenoxy) is 4. The third-order valence-electron chi connectivity index (χ3n) is 1.76. The van der Waals surface area contributed by atoms with Crippen LogP contribution in [-0.2, 0) is 18.9 Å². The Bertz CT molecular complexity index is 121. The van der Waals surface area contributed by atoms with Crippen LogP contribution < -0.4 is 0 Å². The lowest BCUT2D eigenvalue weighted by molar-refractivity contribution is -0.429. The van der Waals surface area contributed by atoms with Crippen LogP contribution in [0.1, 0.15) is 20.3 Å². The molecule has 2 saturated heterocycles. The van der Waals surface area contributed by atoms with E-state index in [1.165, 1.54) is 0 Å². The fraction of sp³-hybridized carbons (Fsp3) is 1.00. The van der Waals surface area contributed by atoms with Crippen molar-refractivity contribution in [2.75, 3.05) is 0 Å². The molecule has 11 heavy (non-hydrogen) atoms. The van der Waals surface area contributed by atoms with E-state index in [2.05, 4.69) is 0 Å². The van der Waals surface area contributed by atoms with E-state index < -0.39 is 0 Å². The Kier molecular flexibility index (Phi) is 1.85. The van der Waals surface area contributed by atoms with Gasteiger partial charge in [-0.05, 0) is 13.8 Å². The summed E-state index contributed by atoms with van der Waals surface area (Å²) >= 11 is 0. The topological polar surface area (TPSA) is 36.9 Å². The lowest BCUT2D eigenvalue weighted by Crippen LogP contribution is -2.47. The Labute approximate surface area is 65.4 Å². The molecular weight excluding hydrogens is 148 g/mol. The highest BCUT2D eigenvalue weighted by molar-refractivity contribution is 4.63. The average Bonchev–Trinajstić information content (AvgIpc) is 1.81. The summed E-state index contributed by atoms with van der Waals surface area (Å²) in [6, 6.07) is 0. The van der Waals surface area contributed by atoms with Gasteiger partial charge in [-0.15, -0.1) is 0 Å². The Morgan fingerprint density at radius 3 is 1.45 bits per heavy atom. The maximum Gasteiger partial charge on any atom is 0.168 e. The summed E-state index contributed by atoms with van der Waals surface area (Å²) in [6.45, 7) is 3.73. The molecule has 0 aromatic heterocycles. The fourth-order valence-corrected chi connectivity index (χ4v) is 1.25. The molecule has 2 rings (SSSR count). The van der Waals surface area contributed by atoms with E-state index in [0.717, 1.165) is 0 Å². The van der Waals surface area contributed by atoms with Crippen LogP contribution in [-0.4, -0.2) is 25.2 Å². The lowest BCUT2D eigenvalue weighted by atomic mass is 10.3. The second-order valence-corrected chi connectivity index (χ2v) is 2.77. The van der Waals surface area contributed by atoms with Gasteiger partial charge in [0.15, 0.2) is 25.2 Å². The maximum atomic E-state index is 5.20. The molecule has 0 bridgehead atoms. The maximum absolute atomic E-state index is 5.20. The molecule has 4 heteroatoms. The number of hydrogen-bond donors (Lipinski definition) is 0. The van der Waals surface area contributed by atoms with Crippen LogP contribution >= 0.6 is 0 Å². The van der Waals surface area contributed by atoms with Gasteiger partial charge >= 0.3 is 0 Å². The van der Waals surface area contributed by atoms with Crippen LogP contribution in [0.25, 0.3) is 0 Å². The van der Waals surface area contributed by atoms with Crippen molar-refractivity contribution in [2.45, 2.75) is 45.4 Å². The molecule has 0 aliphatic carbocycles. The fourth-order valence-electron chi connectivity index (χ4n) is 1.25. The Morgan fingerprint density at radius 2 is 1.18 bits per heavy atom. The van der Waals surface area contributed by atoms with E-state index in [1.807, 2.05) is 13.8 Å². The molecule has 0 aromatic rings. The molecule has 0 unspecified atom stereocenters. The molecule has 2 heterocycles. The zero-order chi connectivity index (χ0) is 7.84. The highest BCUT2D eigenvalue weighted by Crippen LogP contribution is 2.26. The van der Waals surface area contributed by atoms with Crippen molar-refractivity contribution < 1.29 is 18.9 Å². The van der Waals surface area contributed by atoms with Crippen molar-refractivity contribution in [3.8, 4) is 0 Å². The first kappa shape index (κ1) is 7.49. The lowest BCUT2D eigenvalue weighted by Gasteiger charge is -2.40. The zero-order valence-corrected chi connectivity index (χ0v) is 6.65. The van der Waals surface area contributed by atoms with Crippen molar-refractivity contribution in [1.82, 2.24) is 0 Å². The van der Waals surface area contributed by atoms with Crippen LogP contribution in [0.15, 0.2) is 0 Å². The van der Waals surface area contributed by atoms with Gasteiger partial charge in [0.2, 0.25) is 0 Å². The summed E-state index contributed by atoms with van der Waals surface area (Å²) < 4.78 is 20.8. The predicted molar refractivity (Wildman–Crippen MR) is 35.5 cm³/mol. The minimum atomic E-state index is -0.123. The molecule has 0 spiro atoms. The molecule has 0 radical (unpaired) electrons. The van der Waals surface area contributed by atoms with Crippen LogP contribution in [0.4, 0.5) is 0 Å². The van der Waals surface area contributed by atoms with Crippen molar-refractivity contribution in [1.29, 1.82) is 0 Å². The molecule has 0 atom stereocenters. The van der Waals surface area contributed by atoms with Gasteiger partial charge in [-0.3, -0.25) is 0 Å². The summed E-state index contributed by atoms with van der Waals surface area (Å²) in [5, 5.41) is 0. The minimum absolute atomic E-state index is 0.0579. The Morgan fingerprint density at radius 1 is 0.818 bits per heavy atom. The van der Waals surface area contributed by atoms with Gasteiger partial charge in [0.1, 0.15) is 0 Å². The highest BCUT2D eigenvalue weighted by atomic mass is 16.9. The quantitative estimate of drug-likeness (QED) is 0.599. The van der Waals surface area contributed by atoms with E-state index in [1.54, 1.807) is 0 Å². The third-order valence-corrected chi connectivity index (χ3v) is 1.76. The molecule has 2 fully saturated rings. The summed E-state index contributed by atoms with van der Waals surface area (Å²) in [5.74, 6) is 0. The minimum Gasteiger partial charge on any atom is -0.324 e. The van der Waals surface area contributed by atoms with Crippen molar-refractivity contribution in [3.05, 3.63) is 0 Å². The molecule has 4 nitrogen and oxygen atoms in total. The van der Waals surface area contributed by atoms with E-state index in [4.69, 9.17) is 18.9 Å². The highest BCUT2D eigenvalue weighted by Gasteiger charge is 2.35. The smallest absolute Gasteiger partial charge is 0.168 e. The van der Waals surface area contributed by atoms with Crippen molar-refractivity contribution >= 4 is 0 Å².